The molecule has 0 aliphatic heterocycles. The molecule has 1 aromatic rings. The SMILES string of the molecule is CC(=O)c1nc(CC2CC2)no1. The molecule has 64 valence electrons. The Kier molecular flexibility index (Phi) is 1.67. The van der Waals surface area contributed by atoms with Crippen molar-refractivity contribution in [2.24, 2.45) is 5.92 Å². The lowest BCUT2D eigenvalue weighted by molar-refractivity contribution is 0.0972. The third kappa shape index (κ3) is 1.52. The number of carbonyl (C=O) groups excluding carboxylic acids is 1. The van der Waals surface area contributed by atoms with Crippen molar-refractivity contribution in [3.8, 4) is 0 Å². The molecule has 0 amide bonds. The van der Waals surface area contributed by atoms with Crippen molar-refractivity contribution in [1.29, 1.82) is 0 Å². The van der Waals surface area contributed by atoms with E-state index in [1.54, 1.807) is 0 Å². The minimum absolute atomic E-state index is 0.130. The molecule has 1 aliphatic carbocycles. The van der Waals surface area contributed by atoms with Crippen LogP contribution in [-0.4, -0.2) is 15.9 Å². The van der Waals surface area contributed by atoms with E-state index in [0.29, 0.717) is 5.82 Å². The lowest BCUT2D eigenvalue weighted by Crippen LogP contribution is -1.93. The molecule has 0 saturated heterocycles. The van der Waals surface area contributed by atoms with E-state index in [4.69, 9.17) is 4.52 Å². The molecule has 2 rings (SSSR count). The zero-order valence-electron chi connectivity index (χ0n) is 6.91. The Morgan fingerprint density at radius 1 is 1.67 bits per heavy atom. The molecular weight excluding hydrogens is 156 g/mol. The van der Waals surface area contributed by atoms with Crippen LogP contribution >= 0.6 is 0 Å². The molecule has 0 aromatic carbocycles. The molecule has 4 nitrogen and oxygen atoms in total. The highest BCUT2D eigenvalue weighted by Crippen LogP contribution is 2.31. The van der Waals surface area contributed by atoms with E-state index in [0.717, 1.165) is 12.3 Å². The van der Waals surface area contributed by atoms with E-state index in [9.17, 15) is 4.79 Å². The van der Waals surface area contributed by atoms with Crippen LogP contribution < -0.4 is 0 Å². The number of ketones is 1. The van der Waals surface area contributed by atoms with Crippen molar-refractivity contribution < 1.29 is 9.32 Å². The van der Waals surface area contributed by atoms with Crippen LogP contribution in [0.25, 0.3) is 0 Å². The summed E-state index contributed by atoms with van der Waals surface area (Å²) in [7, 11) is 0. The molecule has 1 fully saturated rings. The first-order valence-corrected chi connectivity index (χ1v) is 4.09. The van der Waals surface area contributed by atoms with Crippen molar-refractivity contribution in [2.45, 2.75) is 26.2 Å². The minimum Gasteiger partial charge on any atom is -0.331 e. The summed E-state index contributed by atoms with van der Waals surface area (Å²) in [6, 6.07) is 0. The zero-order chi connectivity index (χ0) is 8.55. The van der Waals surface area contributed by atoms with Crippen molar-refractivity contribution in [2.75, 3.05) is 0 Å². The summed E-state index contributed by atoms with van der Waals surface area (Å²) in [5.74, 6) is 1.36. The topological polar surface area (TPSA) is 56.0 Å². The molecule has 4 heteroatoms. The Bertz CT molecular complexity index is 302. The molecule has 1 aromatic heterocycles. The summed E-state index contributed by atoms with van der Waals surface area (Å²) in [5.41, 5.74) is 0. The third-order valence-corrected chi connectivity index (χ3v) is 1.94. The van der Waals surface area contributed by atoms with Gasteiger partial charge in [0.05, 0.1) is 0 Å². The summed E-state index contributed by atoms with van der Waals surface area (Å²) in [5, 5.41) is 3.71. The lowest BCUT2D eigenvalue weighted by atomic mass is 10.3. The number of carbonyl (C=O) groups is 1. The van der Waals surface area contributed by atoms with Gasteiger partial charge in [-0.15, -0.1) is 0 Å². The smallest absolute Gasteiger partial charge is 0.293 e. The van der Waals surface area contributed by atoms with Gasteiger partial charge in [-0.25, -0.2) is 0 Å². The molecule has 0 atom stereocenters. The molecular formula is C8H10N2O2. The Morgan fingerprint density at radius 3 is 2.92 bits per heavy atom. The zero-order valence-corrected chi connectivity index (χ0v) is 6.91. The van der Waals surface area contributed by atoms with Crippen LogP contribution in [0.1, 0.15) is 36.3 Å². The predicted molar refractivity (Wildman–Crippen MR) is 40.7 cm³/mol. The molecule has 12 heavy (non-hydrogen) atoms. The van der Waals surface area contributed by atoms with Gasteiger partial charge in [0, 0.05) is 13.3 Å². The first kappa shape index (κ1) is 7.46. The first-order valence-electron chi connectivity index (χ1n) is 4.09. The molecule has 1 saturated carbocycles. The minimum atomic E-state index is -0.162. The summed E-state index contributed by atoms with van der Waals surface area (Å²) in [6.45, 7) is 1.43. The Labute approximate surface area is 70.0 Å². The van der Waals surface area contributed by atoms with Crippen LogP contribution in [0, 0.1) is 5.92 Å². The molecule has 1 heterocycles. The van der Waals surface area contributed by atoms with Gasteiger partial charge in [0.15, 0.2) is 5.82 Å². The van der Waals surface area contributed by atoms with Crippen LogP contribution in [0.4, 0.5) is 0 Å². The van der Waals surface area contributed by atoms with Gasteiger partial charge in [0.1, 0.15) is 0 Å². The second kappa shape index (κ2) is 2.69. The van der Waals surface area contributed by atoms with Crippen LogP contribution in [0.2, 0.25) is 0 Å². The highest BCUT2D eigenvalue weighted by molar-refractivity contribution is 5.89. The van der Waals surface area contributed by atoms with Gasteiger partial charge in [-0.3, -0.25) is 4.79 Å². The lowest BCUT2D eigenvalue weighted by Gasteiger charge is -1.84. The van der Waals surface area contributed by atoms with Gasteiger partial charge in [-0.05, 0) is 18.8 Å². The fraction of sp³-hybridized carbons (Fsp3) is 0.625. The van der Waals surface area contributed by atoms with Crippen molar-refractivity contribution in [3.63, 3.8) is 0 Å². The maximum absolute atomic E-state index is 10.8. The van der Waals surface area contributed by atoms with Crippen molar-refractivity contribution >= 4 is 5.78 Å². The molecule has 0 unspecified atom stereocenters. The van der Waals surface area contributed by atoms with E-state index in [1.807, 2.05) is 0 Å². The van der Waals surface area contributed by atoms with E-state index in [2.05, 4.69) is 10.1 Å². The summed E-state index contributed by atoms with van der Waals surface area (Å²) in [6.07, 6.45) is 3.37. The normalized spacial score (nSPS) is 16.4. The van der Waals surface area contributed by atoms with Crippen molar-refractivity contribution in [1.82, 2.24) is 10.1 Å². The Hall–Kier alpha value is -1.19. The number of Topliss-reactive ketones (excluding diaryl/α,β-unsaturated/α-hetero) is 1. The van der Waals surface area contributed by atoms with Crippen LogP contribution in [-0.2, 0) is 6.42 Å². The largest absolute Gasteiger partial charge is 0.331 e. The predicted octanol–water partition coefficient (Wildman–Crippen LogP) is 1.22. The standard InChI is InChI=1S/C8H10N2O2/c1-5(11)8-9-7(10-12-8)4-6-2-3-6/h6H,2-4H2,1H3. The molecule has 0 radical (unpaired) electrons. The Balaban J connectivity index is 2.06. The molecule has 0 N–H and O–H groups in total. The van der Waals surface area contributed by atoms with Crippen LogP contribution in [0.15, 0.2) is 4.52 Å². The third-order valence-electron chi connectivity index (χ3n) is 1.94. The highest BCUT2D eigenvalue weighted by Gasteiger charge is 2.24. The van der Waals surface area contributed by atoms with Gasteiger partial charge >= 0.3 is 0 Å². The first-order chi connectivity index (χ1) is 5.75. The van der Waals surface area contributed by atoms with E-state index < -0.39 is 0 Å². The fourth-order valence-corrected chi connectivity index (χ4v) is 1.06. The molecule has 0 spiro atoms. The maximum atomic E-state index is 10.8. The van der Waals surface area contributed by atoms with Gasteiger partial charge in [-0.1, -0.05) is 5.16 Å². The van der Waals surface area contributed by atoms with Gasteiger partial charge < -0.3 is 4.52 Å². The summed E-state index contributed by atoms with van der Waals surface area (Å²) >= 11 is 0. The number of rotatable bonds is 3. The van der Waals surface area contributed by atoms with Crippen LogP contribution in [0.5, 0.6) is 0 Å². The quantitative estimate of drug-likeness (QED) is 0.633. The van der Waals surface area contributed by atoms with Crippen LogP contribution in [0.3, 0.4) is 0 Å². The van der Waals surface area contributed by atoms with E-state index in [-0.39, 0.29) is 11.7 Å². The number of aromatic nitrogens is 2. The number of hydrogen-bond acceptors (Lipinski definition) is 4. The maximum Gasteiger partial charge on any atom is 0.293 e. The monoisotopic (exact) mass is 166 g/mol. The second-order valence-corrected chi connectivity index (χ2v) is 3.22. The summed E-state index contributed by atoms with van der Waals surface area (Å²) < 4.78 is 4.74. The van der Waals surface area contributed by atoms with E-state index >= 15 is 0 Å². The van der Waals surface area contributed by atoms with E-state index in [1.165, 1.54) is 19.8 Å². The average Bonchev–Trinajstić information content (AvgIpc) is 2.66. The molecule has 1 aliphatic rings. The highest BCUT2D eigenvalue weighted by atomic mass is 16.5. The Morgan fingerprint density at radius 2 is 2.42 bits per heavy atom. The fourth-order valence-electron chi connectivity index (χ4n) is 1.06. The van der Waals surface area contributed by atoms with Gasteiger partial charge in [0.25, 0.3) is 5.89 Å². The van der Waals surface area contributed by atoms with Gasteiger partial charge in [-0.2, -0.15) is 4.98 Å². The number of nitrogens with zero attached hydrogens (tertiary/aromatic N) is 2. The second-order valence-electron chi connectivity index (χ2n) is 3.22. The molecule has 0 bridgehead atoms. The number of hydrogen-bond donors (Lipinski definition) is 0. The average molecular weight is 166 g/mol. The van der Waals surface area contributed by atoms with Crippen molar-refractivity contribution in [3.05, 3.63) is 11.7 Å². The van der Waals surface area contributed by atoms with Gasteiger partial charge in [0.2, 0.25) is 5.78 Å². The summed E-state index contributed by atoms with van der Waals surface area (Å²) in [4.78, 5) is 14.7.